The Morgan fingerprint density at radius 3 is 3.00 bits per heavy atom. The van der Waals surface area contributed by atoms with Gasteiger partial charge in [-0.05, 0) is 35.9 Å². The van der Waals surface area contributed by atoms with Crippen molar-refractivity contribution in [2.45, 2.75) is 11.8 Å². The van der Waals surface area contributed by atoms with E-state index in [0.29, 0.717) is 0 Å². The molecular formula is C16H12ClN3S. The van der Waals surface area contributed by atoms with Crippen LogP contribution in [0.25, 0.3) is 10.9 Å². The Balaban J connectivity index is 2.01. The SMILES string of the molecule is CCSc1cc2n[nH]c(C#Cc3cccnc3)c2cc1Cl. The quantitative estimate of drug-likeness (QED) is 0.571. The summed E-state index contributed by atoms with van der Waals surface area (Å²) in [6.45, 7) is 2.10. The third-order valence-corrected chi connectivity index (χ3v) is 4.26. The minimum atomic E-state index is 0.736. The molecule has 3 nitrogen and oxygen atoms in total. The first-order valence-corrected chi connectivity index (χ1v) is 7.86. The van der Waals surface area contributed by atoms with E-state index < -0.39 is 0 Å². The molecule has 0 aliphatic heterocycles. The van der Waals surface area contributed by atoms with Crippen LogP contribution in [0.1, 0.15) is 18.2 Å². The van der Waals surface area contributed by atoms with Crippen LogP contribution in [-0.2, 0) is 0 Å². The number of nitrogens with zero attached hydrogens (tertiary/aromatic N) is 2. The van der Waals surface area contributed by atoms with Gasteiger partial charge < -0.3 is 0 Å². The van der Waals surface area contributed by atoms with Gasteiger partial charge in [0.1, 0.15) is 5.69 Å². The molecule has 0 saturated heterocycles. The fourth-order valence-corrected chi connectivity index (χ4v) is 2.97. The largest absolute Gasteiger partial charge is 0.269 e. The van der Waals surface area contributed by atoms with Crippen molar-refractivity contribution >= 4 is 34.3 Å². The van der Waals surface area contributed by atoms with Gasteiger partial charge in [0.15, 0.2) is 0 Å². The third kappa shape index (κ3) is 3.05. The standard InChI is InChI=1S/C16H12ClN3S/c1-2-21-16-9-15-12(8-13(16)17)14(19-20-15)6-5-11-4-3-7-18-10-11/h3-4,7-10H,2H2,1H3,(H,19,20). The van der Waals surface area contributed by atoms with Gasteiger partial charge in [-0.1, -0.05) is 24.4 Å². The second-order valence-corrected chi connectivity index (χ2v) is 6.04. The molecule has 0 fully saturated rings. The van der Waals surface area contributed by atoms with Gasteiger partial charge in [-0.2, -0.15) is 5.10 Å². The van der Waals surface area contributed by atoms with Gasteiger partial charge in [-0.3, -0.25) is 10.1 Å². The molecule has 0 radical (unpaired) electrons. The molecule has 0 aliphatic rings. The Morgan fingerprint density at radius 1 is 1.33 bits per heavy atom. The van der Waals surface area contributed by atoms with Crippen LogP contribution >= 0.6 is 23.4 Å². The number of hydrogen-bond acceptors (Lipinski definition) is 3. The highest BCUT2D eigenvalue weighted by molar-refractivity contribution is 7.99. The molecule has 0 unspecified atom stereocenters. The zero-order valence-electron chi connectivity index (χ0n) is 11.4. The molecule has 1 aromatic carbocycles. The van der Waals surface area contributed by atoms with Crippen LogP contribution < -0.4 is 0 Å². The number of pyridine rings is 1. The number of aromatic amines is 1. The van der Waals surface area contributed by atoms with Crippen molar-refractivity contribution < 1.29 is 0 Å². The molecule has 21 heavy (non-hydrogen) atoms. The van der Waals surface area contributed by atoms with Crippen LogP contribution in [0.4, 0.5) is 0 Å². The Morgan fingerprint density at radius 2 is 2.24 bits per heavy atom. The number of fused-ring (bicyclic) bond motifs is 1. The van der Waals surface area contributed by atoms with Crippen molar-refractivity contribution in [3.05, 3.63) is 52.9 Å². The van der Waals surface area contributed by atoms with Crippen molar-refractivity contribution in [2.24, 2.45) is 0 Å². The van der Waals surface area contributed by atoms with Gasteiger partial charge in [-0.15, -0.1) is 11.8 Å². The molecule has 0 bridgehead atoms. The molecular weight excluding hydrogens is 302 g/mol. The number of hydrogen-bond donors (Lipinski definition) is 1. The molecule has 2 heterocycles. The molecule has 1 N–H and O–H groups in total. The first-order valence-electron chi connectivity index (χ1n) is 6.50. The minimum absolute atomic E-state index is 0.736. The first kappa shape index (κ1) is 14.0. The summed E-state index contributed by atoms with van der Waals surface area (Å²) in [7, 11) is 0. The summed E-state index contributed by atoms with van der Waals surface area (Å²) >= 11 is 8.01. The van der Waals surface area contributed by atoms with E-state index in [1.54, 1.807) is 24.2 Å². The van der Waals surface area contributed by atoms with E-state index in [-0.39, 0.29) is 0 Å². The summed E-state index contributed by atoms with van der Waals surface area (Å²) in [5.74, 6) is 7.13. The molecule has 0 amide bonds. The lowest BCUT2D eigenvalue weighted by molar-refractivity contribution is 1.10. The van der Waals surface area contributed by atoms with Crippen molar-refractivity contribution in [3.8, 4) is 11.8 Å². The maximum atomic E-state index is 6.31. The highest BCUT2D eigenvalue weighted by Gasteiger charge is 2.08. The molecule has 0 spiro atoms. The Kier molecular flexibility index (Phi) is 4.14. The average Bonchev–Trinajstić information content (AvgIpc) is 2.89. The lowest BCUT2D eigenvalue weighted by Crippen LogP contribution is -1.80. The van der Waals surface area contributed by atoms with Crippen LogP contribution in [0.2, 0.25) is 5.02 Å². The molecule has 3 rings (SSSR count). The topological polar surface area (TPSA) is 41.6 Å². The van der Waals surface area contributed by atoms with Gasteiger partial charge in [-0.25, -0.2) is 0 Å². The van der Waals surface area contributed by atoms with Gasteiger partial charge in [0.05, 0.1) is 10.5 Å². The van der Waals surface area contributed by atoms with Crippen LogP contribution in [0, 0.1) is 11.8 Å². The van der Waals surface area contributed by atoms with Crippen molar-refractivity contribution in [1.82, 2.24) is 15.2 Å². The van der Waals surface area contributed by atoms with Crippen LogP contribution in [0.5, 0.6) is 0 Å². The second kappa shape index (κ2) is 6.21. The molecule has 5 heteroatoms. The number of H-pyrrole nitrogens is 1. The first-order chi connectivity index (χ1) is 10.3. The van der Waals surface area contributed by atoms with E-state index in [1.165, 1.54) is 0 Å². The molecule has 0 atom stereocenters. The van der Waals surface area contributed by atoms with E-state index in [9.17, 15) is 0 Å². The number of benzene rings is 1. The summed E-state index contributed by atoms with van der Waals surface area (Å²) in [5.41, 5.74) is 2.51. The summed E-state index contributed by atoms with van der Waals surface area (Å²) in [5, 5.41) is 8.95. The molecule has 0 aliphatic carbocycles. The maximum Gasteiger partial charge on any atom is 0.116 e. The van der Waals surface area contributed by atoms with Gasteiger partial charge >= 0.3 is 0 Å². The number of nitrogens with one attached hydrogen (secondary N) is 1. The fourth-order valence-electron chi connectivity index (χ4n) is 1.94. The number of halogens is 1. The zero-order valence-corrected chi connectivity index (χ0v) is 12.9. The van der Waals surface area contributed by atoms with Crippen molar-refractivity contribution in [2.75, 3.05) is 5.75 Å². The van der Waals surface area contributed by atoms with Gasteiger partial charge in [0.2, 0.25) is 0 Å². The van der Waals surface area contributed by atoms with E-state index in [2.05, 4.69) is 33.9 Å². The summed E-state index contributed by atoms with van der Waals surface area (Å²) < 4.78 is 0. The predicted octanol–water partition coefficient (Wildman–Crippen LogP) is 4.12. The maximum absolute atomic E-state index is 6.31. The molecule has 3 aromatic rings. The Hall–Kier alpha value is -1.96. The molecule has 0 saturated carbocycles. The van der Waals surface area contributed by atoms with E-state index in [4.69, 9.17) is 11.6 Å². The predicted molar refractivity (Wildman–Crippen MR) is 87.7 cm³/mol. The number of aromatic nitrogens is 3. The van der Waals surface area contributed by atoms with E-state index in [0.717, 1.165) is 37.8 Å². The molecule has 104 valence electrons. The second-order valence-electron chi connectivity index (χ2n) is 4.32. The summed E-state index contributed by atoms with van der Waals surface area (Å²) in [6.07, 6.45) is 3.46. The highest BCUT2D eigenvalue weighted by atomic mass is 35.5. The van der Waals surface area contributed by atoms with Crippen LogP contribution in [0.3, 0.4) is 0 Å². The van der Waals surface area contributed by atoms with Crippen LogP contribution in [-0.4, -0.2) is 20.9 Å². The lowest BCUT2D eigenvalue weighted by atomic mass is 10.2. The Bertz CT molecular complexity index is 831. The summed E-state index contributed by atoms with van der Waals surface area (Å²) in [4.78, 5) is 5.09. The Labute approximate surface area is 132 Å². The van der Waals surface area contributed by atoms with E-state index in [1.807, 2.05) is 24.3 Å². The smallest absolute Gasteiger partial charge is 0.116 e. The number of thioether (sulfide) groups is 1. The highest BCUT2D eigenvalue weighted by Crippen LogP contribution is 2.31. The minimum Gasteiger partial charge on any atom is -0.269 e. The average molecular weight is 314 g/mol. The fraction of sp³-hybridized carbons (Fsp3) is 0.125. The van der Waals surface area contributed by atoms with E-state index >= 15 is 0 Å². The van der Waals surface area contributed by atoms with Gasteiger partial charge in [0, 0.05) is 28.2 Å². The van der Waals surface area contributed by atoms with Crippen molar-refractivity contribution in [1.29, 1.82) is 0 Å². The molecule has 2 aromatic heterocycles. The third-order valence-electron chi connectivity index (χ3n) is 2.90. The lowest BCUT2D eigenvalue weighted by Gasteiger charge is -2.01. The van der Waals surface area contributed by atoms with Crippen LogP contribution in [0.15, 0.2) is 41.6 Å². The zero-order chi connectivity index (χ0) is 14.7. The summed E-state index contributed by atoms with van der Waals surface area (Å²) in [6, 6.07) is 7.70. The normalized spacial score (nSPS) is 10.4. The van der Waals surface area contributed by atoms with Gasteiger partial charge in [0.25, 0.3) is 0 Å². The number of rotatable bonds is 2. The van der Waals surface area contributed by atoms with Crippen molar-refractivity contribution in [3.63, 3.8) is 0 Å². The monoisotopic (exact) mass is 313 g/mol.